The van der Waals surface area contributed by atoms with Gasteiger partial charge in [-0.2, -0.15) is 0 Å². The van der Waals surface area contributed by atoms with E-state index in [-0.39, 0.29) is 0 Å². The van der Waals surface area contributed by atoms with Crippen LogP contribution in [0.15, 0.2) is 42.7 Å². The molecule has 1 heterocycles. The number of hydrogen-bond donors (Lipinski definition) is 1. The summed E-state index contributed by atoms with van der Waals surface area (Å²) in [6, 6.07) is 10.8. The summed E-state index contributed by atoms with van der Waals surface area (Å²) < 4.78 is 11.4. The first-order valence-corrected chi connectivity index (χ1v) is 9.86. The molecule has 0 spiro atoms. The molecule has 3 rings (SSSR count). The molecule has 0 amide bonds. The van der Waals surface area contributed by atoms with Crippen LogP contribution in [0.1, 0.15) is 36.8 Å². The third-order valence-corrected chi connectivity index (χ3v) is 5.26. The number of methoxy groups -OCH3 is 1. The quantitative estimate of drug-likeness (QED) is 0.648. The molecule has 2 aromatic rings. The molecule has 1 saturated carbocycles. The normalized spacial score (nSPS) is 14.6. The Bertz CT molecular complexity index is 687. The number of benzene rings is 1. The number of ether oxygens (including phenoxy) is 2. The lowest BCUT2D eigenvalue weighted by Gasteiger charge is -2.24. The summed E-state index contributed by atoms with van der Waals surface area (Å²) in [4.78, 5) is 6.62. The van der Waals surface area contributed by atoms with Gasteiger partial charge in [-0.1, -0.05) is 25.0 Å². The smallest absolute Gasteiger partial charge is 0.161 e. The lowest BCUT2D eigenvalue weighted by atomic mass is 10.2. The minimum atomic E-state index is 0.479. The third kappa shape index (κ3) is 5.94. The van der Waals surface area contributed by atoms with Crippen molar-refractivity contribution in [3.63, 3.8) is 0 Å². The van der Waals surface area contributed by atoms with Crippen molar-refractivity contribution < 1.29 is 9.47 Å². The van der Waals surface area contributed by atoms with Crippen molar-refractivity contribution in [1.29, 1.82) is 0 Å². The van der Waals surface area contributed by atoms with Gasteiger partial charge in [0.1, 0.15) is 6.61 Å². The van der Waals surface area contributed by atoms with Gasteiger partial charge in [-0.25, -0.2) is 0 Å². The molecule has 0 bridgehead atoms. The van der Waals surface area contributed by atoms with E-state index in [0.717, 1.165) is 42.7 Å². The molecule has 5 heteroatoms. The van der Waals surface area contributed by atoms with Crippen molar-refractivity contribution in [2.24, 2.45) is 0 Å². The Morgan fingerprint density at radius 3 is 2.74 bits per heavy atom. The molecule has 0 aliphatic heterocycles. The van der Waals surface area contributed by atoms with Gasteiger partial charge in [-0.3, -0.25) is 4.98 Å². The first-order chi connectivity index (χ1) is 13.3. The Labute approximate surface area is 162 Å². The molecule has 146 valence electrons. The molecule has 1 aromatic heterocycles. The summed E-state index contributed by atoms with van der Waals surface area (Å²) in [7, 11) is 3.92. The molecule has 0 unspecified atom stereocenters. The molecule has 27 heavy (non-hydrogen) atoms. The molecule has 0 radical (unpaired) electrons. The number of likely N-dealkylation sites (N-methyl/N-ethyl adjacent to an activating group) is 1. The van der Waals surface area contributed by atoms with E-state index in [4.69, 9.17) is 9.47 Å². The maximum Gasteiger partial charge on any atom is 0.161 e. The Balaban J connectivity index is 1.48. The lowest BCUT2D eigenvalue weighted by molar-refractivity contribution is 0.245. The maximum absolute atomic E-state index is 5.97. The minimum Gasteiger partial charge on any atom is -0.493 e. The zero-order chi connectivity index (χ0) is 18.9. The summed E-state index contributed by atoms with van der Waals surface area (Å²) in [5, 5.41) is 3.55. The highest BCUT2D eigenvalue weighted by Gasteiger charge is 2.18. The van der Waals surface area contributed by atoms with Crippen molar-refractivity contribution in [3.8, 4) is 11.5 Å². The van der Waals surface area contributed by atoms with Crippen molar-refractivity contribution >= 4 is 0 Å². The Kier molecular flexibility index (Phi) is 7.48. The van der Waals surface area contributed by atoms with Gasteiger partial charge in [-0.05, 0) is 43.7 Å². The van der Waals surface area contributed by atoms with Crippen molar-refractivity contribution in [3.05, 3.63) is 53.9 Å². The van der Waals surface area contributed by atoms with Gasteiger partial charge in [0.25, 0.3) is 0 Å². The van der Waals surface area contributed by atoms with Crippen LogP contribution in [-0.2, 0) is 13.2 Å². The second-order valence-corrected chi connectivity index (χ2v) is 7.23. The molecule has 1 aromatic carbocycles. The average Bonchev–Trinajstić information content (AvgIpc) is 3.25. The summed E-state index contributed by atoms with van der Waals surface area (Å²) in [5.41, 5.74) is 2.23. The predicted octanol–water partition coefficient (Wildman–Crippen LogP) is 3.63. The molecule has 5 nitrogen and oxygen atoms in total. The van der Waals surface area contributed by atoms with Crippen LogP contribution in [0, 0.1) is 0 Å². The van der Waals surface area contributed by atoms with Gasteiger partial charge in [0.2, 0.25) is 0 Å². The molecule has 1 aliphatic carbocycles. The van der Waals surface area contributed by atoms with E-state index < -0.39 is 0 Å². The highest BCUT2D eigenvalue weighted by molar-refractivity contribution is 5.43. The highest BCUT2D eigenvalue weighted by Crippen LogP contribution is 2.29. The number of rotatable bonds is 10. The number of pyridine rings is 1. The SMILES string of the molecule is COc1ccc(CNCCN(C)C2CCCC2)cc1OCc1cccnc1. The number of hydrogen-bond acceptors (Lipinski definition) is 5. The molecule has 1 aliphatic rings. The van der Waals surface area contributed by atoms with Crippen LogP contribution in [0.25, 0.3) is 0 Å². The maximum atomic E-state index is 5.97. The Hall–Kier alpha value is -2.11. The van der Waals surface area contributed by atoms with Crippen LogP contribution >= 0.6 is 0 Å². The van der Waals surface area contributed by atoms with Gasteiger partial charge in [-0.15, -0.1) is 0 Å². The number of aromatic nitrogens is 1. The second kappa shape index (κ2) is 10.3. The largest absolute Gasteiger partial charge is 0.493 e. The van der Waals surface area contributed by atoms with Crippen LogP contribution in [0.5, 0.6) is 11.5 Å². The van der Waals surface area contributed by atoms with E-state index in [9.17, 15) is 0 Å². The molecule has 0 saturated heterocycles. The Morgan fingerprint density at radius 2 is 2.00 bits per heavy atom. The molecular weight excluding hydrogens is 338 g/mol. The summed E-state index contributed by atoms with van der Waals surface area (Å²) >= 11 is 0. The van der Waals surface area contributed by atoms with E-state index in [1.54, 1.807) is 13.3 Å². The van der Waals surface area contributed by atoms with Gasteiger partial charge in [0.05, 0.1) is 7.11 Å². The first kappa shape index (κ1) is 19.6. The van der Waals surface area contributed by atoms with Crippen LogP contribution in [-0.4, -0.2) is 43.2 Å². The molecular formula is C22H31N3O2. The van der Waals surface area contributed by atoms with E-state index in [2.05, 4.69) is 34.4 Å². The molecule has 0 atom stereocenters. The summed E-state index contributed by atoms with van der Waals surface area (Å²) in [6.07, 6.45) is 9.06. The van der Waals surface area contributed by atoms with Crippen molar-refractivity contribution in [2.45, 2.75) is 44.9 Å². The van der Waals surface area contributed by atoms with Gasteiger partial charge in [0, 0.05) is 43.6 Å². The summed E-state index contributed by atoms with van der Waals surface area (Å²) in [6.45, 7) is 3.38. The fraction of sp³-hybridized carbons (Fsp3) is 0.500. The monoisotopic (exact) mass is 369 g/mol. The lowest BCUT2D eigenvalue weighted by Crippen LogP contribution is -2.35. The number of nitrogens with one attached hydrogen (secondary N) is 1. The van der Waals surface area contributed by atoms with Crippen LogP contribution in [0.2, 0.25) is 0 Å². The highest BCUT2D eigenvalue weighted by atomic mass is 16.5. The number of nitrogens with zero attached hydrogens (tertiary/aromatic N) is 2. The van der Waals surface area contributed by atoms with E-state index in [0.29, 0.717) is 6.61 Å². The standard InChI is InChI=1S/C22H31N3O2/c1-25(20-7-3-4-8-20)13-12-24-15-18-9-10-21(26-2)22(14-18)27-17-19-6-5-11-23-16-19/h5-6,9-11,14,16,20,24H,3-4,7-8,12-13,15,17H2,1-2H3. The molecule has 1 fully saturated rings. The van der Waals surface area contributed by atoms with Crippen molar-refractivity contribution in [1.82, 2.24) is 15.2 Å². The zero-order valence-corrected chi connectivity index (χ0v) is 16.5. The van der Waals surface area contributed by atoms with Gasteiger partial charge < -0.3 is 19.7 Å². The van der Waals surface area contributed by atoms with Crippen LogP contribution < -0.4 is 14.8 Å². The zero-order valence-electron chi connectivity index (χ0n) is 16.5. The molecule has 1 N–H and O–H groups in total. The fourth-order valence-electron chi connectivity index (χ4n) is 3.60. The van der Waals surface area contributed by atoms with Crippen LogP contribution in [0.4, 0.5) is 0 Å². The van der Waals surface area contributed by atoms with Gasteiger partial charge in [0.15, 0.2) is 11.5 Å². The topological polar surface area (TPSA) is 46.6 Å². The third-order valence-electron chi connectivity index (χ3n) is 5.26. The van der Waals surface area contributed by atoms with E-state index in [1.165, 1.54) is 31.2 Å². The van der Waals surface area contributed by atoms with Crippen LogP contribution in [0.3, 0.4) is 0 Å². The van der Waals surface area contributed by atoms with E-state index >= 15 is 0 Å². The predicted molar refractivity (Wildman–Crippen MR) is 108 cm³/mol. The van der Waals surface area contributed by atoms with Crippen molar-refractivity contribution in [2.75, 3.05) is 27.2 Å². The second-order valence-electron chi connectivity index (χ2n) is 7.23. The van der Waals surface area contributed by atoms with E-state index in [1.807, 2.05) is 24.4 Å². The Morgan fingerprint density at radius 1 is 1.15 bits per heavy atom. The van der Waals surface area contributed by atoms with Gasteiger partial charge >= 0.3 is 0 Å². The first-order valence-electron chi connectivity index (χ1n) is 9.86. The fourth-order valence-corrected chi connectivity index (χ4v) is 3.60. The average molecular weight is 370 g/mol. The minimum absolute atomic E-state index is 0.479. The summed E-state index contributed by atoms with van der Waals surface area (Å²) in [5.74, 6) is 1.52.